The van der Waals surface area contributed by atoms with Crippen LogP contribution in [0.4, 0.5) is 19.0 Å². The molecular formula is C12H15F3N2O3. The molecule has 0 aliphatic carbocycles. The van der Waals surface area contributed by atoms with Crippen LogP contribution in [0.1, 0.15) is 18.4 Å². The van der Waals surface area contributed by atoms with Crippen LogP contribution < -0.4 is 5.32 Å². The lowest BCUT2D eigenvalue weighted by molar-refractivity contribution is -0.139. The SMILES string of the molecule is COCCCC(Nc1ncccc1C(F)(F)F)C(=O)O. The van der Waals surface area contributed by atoms with Gasteiger partial charge in [0.15, 0.2) is 0 Å². The minimum absolute atomic E-state index is 0.136. The van der Waals surface area contributed by atoms with Crippen molar-refractivity contribution in [2.45, 2.75) is 25.1 Å². The first-order valence-corrected chi connectivity index (χ1v) is 5.86. The number of alkyl halides is 3. The van der Waals surface area contributed by atoms with Gasteiger partial charge in [0.1, 0.15) is 11.9 Å². The second kappa shape index (κ2) is 7.09. The summed E-state index contributed by atoms with van der Waals surface area (Å²) in [5.41, 5.74) is -0.988. The van der Waals surface area contributed by atoms with E-state index >= 15 is 0 Å². The molecule has 1 unspecified atom stereocenters. The second-order valence-electron chi connectivity index (χ2n) is 4.07. The van der Waals surface area contributed by atoms with E-state index in [1.807, 2.05) is 0 Å². The summed E-state index contributed by atoms with van der Waals surface area (Å²) in [6, 6.07) is 0.846. The Kier molecular flexibility index (Phi) is 5.75. The van der Waals surface area contributed by atoms with Crippen LogP contribution >= 0.6 is 0 Å². The maximum Gasteiger partial charge on any atom is 0.419 e. The molecule has 0 saturated heterocycles. The average molecular weight is 292 g/mol. The maximum absolute atomic E-state index is 12.8. The molecule has 0 spiro atoms. The molecule has 0 aromatic carbocycles. The Hall–Kier alpha value is -1.83. The Labute approximate surface area is 113 Å². The van der Waals surface area contributed by atoms with Gasteiger partial charge in [-0.25, -0.2) is 9.78 Å². The predicted octanol–water partition coefficient (Wildman–Crippen LogP) is 2.39. The predicted molar refractivity (Wildman–Crippen MR) is 65.4 cm³/mol. The first-order valence-electron chi connectivity index (χ1n) is 5.86. The quantitative estimate of drug-likeness (QED) is 0.755. The van der Waals surface area contributed by atoms with Crippen LogP contribution in [-0.4, -0.2) is 35.8 Å². The number of hydrogen-bond acceptors (Lipinski definition) is 4. The van der Waals surface area contributed by atoms with E-state index in [4.69, 9.17) is 9.84 Å². The van der Waals surface area contributed by atoms with Gasteiger partial charge in [-0.1, -0.05) is 0 Å². The molecule has 1 atom stereocenters. The van der Waals surface area contributed by atoms with Crippen LogP contribution in [0, 0.1) is 0 Å². The third-order valence-corrected chi connectivity index (χ3v) is 2.56. The van der Waals surface area contributed by atoms with Crippen molar-refractivity contribution in [3.05, 3.63) is 23.9 Å². The Morgan fingerprint density at radius 2 is 2.25 bits per heavy atom. The highest BCUT2D eigenvalue weighted by atomic mass is 19.4. The summed E-state index contributed by atoms with van der Waals surface area (Å²) >= 11 is 0. The normalized spacial score (nSPS) is 13.0. The van der Waals surface area contributed by atoms with Crippen molar-refractivity contribution >= 4 is 11.8 Å². The number of aliphatic carboxylic acids is 1. The Bertz CT molecular complexity index is 452. The minimum atomic E-state index is -4.59. The van der Waals surface area contributed by atoms with E-state index in [1.165, 1.54) is 13.3 Å². The van der Waals surface area contributed by atoms with Gasteiger partial charge in [0.25, 0.3) is 0 Å². The zero-order valence-corrected chi connectivity index (χ0v) is 10.8. The van der Waals surface area contributed by atoms with Crippen molar-refractivity contribution < 1.29 is 27.8 Å². The first kappa shape index (κ1) is 16.2. The fraction of sp³-hybridized carbons (Fsp3) is 0.500. The van der Waals surface area contributed by atoms with Gasteiger partial charge >= 0.3 is 12.1 Å². The average Bonchev–Trinajstić information content (AvgIpc) is 2.37. The number of halogens is 3. The highest BCUT2D eigenvalue weighted by Crippen LogP contribution is 2.33. The molecule has 0 fully saturated rings. The lowest BCUT2D eigenvalue weighted by Gasteiger charge is -2.18. The van der Waals surface area contributed by atoms with E-state index in [1.54, 1.807) is 0 Å². The fourth-order valence-electron chi connectivity index (χ4n) is 1.60. The van der Waals surface area contributed by atoms with Crippen molar-refractivity contribution in [2.24, 2.45) is 0 Å². The van der Waals surface area contributed by atoms with Crippen LogP contribution in [0.2, 0.25) is 0 Å². The highest BCUT2D eigenvalue weighted by molar-refractivity contribution is 5.77. The van der Waals surface area contributed by atoms with Crippen LogP contribution in [-0.2, 0) is 15.7 Å². The number of carboxylic acids is 1. The summed E-state index contributed by atoms with van der Waals surface area (Å²) in [7, 11) is 1.46. The second-order valence-corrected chi connectivity index (χ2v) is 4.07. The van der Waals surface area contributed by atoms with Crippen LogP contribution in [0.3, 0.4) is 0 Å². The Morgan fingerprint density at radius 3 is 2.80 bits per heavy atom. The first-order chi connectivity index (χ1) is 9.36. The summed E-state index contributed by atoms with van der Waals surface area (Å²) in [5.74, 6) is -1.72. The smallest absolute Gasteiger partial charge is 0.419 e. The maximum atomic E-state index is 12.8. The number of carbonyl (C=O) groups is 1. The van der Waals surface area contributed by atoms with Crippen molar-refractivity contribution in [2.75, 3.05) is 19.0 Å². The van der Waals surface area contributed by atoms with Crippen LogP contribution in [0.5, 0.6) is 0 Å². The number of nitrogens with one attached hydrogen (secondary N) is 1. The summed E-state index contributed by atoms with van der Waals surface area (Å²) in [6.07, 6.45) is -2.87. The van der Waals surface area contributed by atoms with Crippen molar-refractivity contribution in [3.8, 4) is 0 Å². The molecule has 112 valence electrons. The van der Waals surface area contributed by atoms with Gasteiger partial charge in [-0.05, 0) is 25.0 Å². The third kappa shape index (κ3) is 4.69. The van der Waals surface area contributed by atoms with Gasteiger partial charge in [0.2, 0.25) is 0 Å². The summed E-state index contributed by atoms with van der Waals surface area (Å²) in [4.78, 5) is 14.6. The molecule has 2 N–H and O–H groups in total. The van der Waals surface area contributed by atoms with Crippen LogP contribution in [0.15, 0.2) is 18.3 Å². The molecule has 1 heterocycles. The number of nitrogens with zero attached hydrogens (tertiary/aromatic N) is 1. The summed E-state index contributed by atoms with van der Waals surface area (Å²) in [5, 5.41) is 11.3. The van der Waals surface area contributed by atoms with Gasteiger partial charge in [0.05, 0.1) is 5.56 Å². The molecule has 1 rings (SSSR count). The molecule has 20 heavy (non-hydrogen) atoms. The molecule has 0 saturated carbocycles. The number of aromatic nitrogens is 1. The number of rotatable bonds is 7. The summed E-state index contributed by atoms with van der Waals surface area (Å²) in [6.45, 7) is 0.333. The Morgan fingerprint density at radius 1 is 1.55 bits per heavy atom. The lowest BCUT2D eigenvalue weighted by atomic mass is 10.1. The minimum Gasteiger partial charge on any atom is -0.480 e. The number of carboxylic acid groups (broad SMARTS) is 1. The van der Waals surface area contributed by atoms with Gasteiger partial charge < -0.3 is 15.2 Å². The van der Waals surface area contributed by atoms with Gasteiger partial charge in [-0.2, -0.15) is 13.2 Å². The van der Waals surface area contributed by atoms with Crippen LogP contribution in [0.25, 0.3) is 0 Å². The van der Waals surface area contributed by atoms with E-state index in [0.717, 1.165) is 12.1 Å². The molecule has 1 aromatic rings. The van der Waals surface area contributed by atoms with Gasteiger partial charge in [0, 0.05) is 19.9 Å². The molecule has 0 radical (unpaired) electrons. The molecule has 0 bridgehead atoms. The molecule has 1 aromatic heterocycles. The zero-order valence-electron chi connectivity index (χ0n) is 10.8. The van der Waals surface area contributed by atoms with E-state index in [9.17, 15) is 18.0 Å². The van der Waals surface area contributed by atoms with E-state index in [-0.39, 0.29) is 6.42 Å². The standard InChI is InChI=1S/C12H15F3N2O3/c1-20-7-3-5-9(11(18)19)17-10-8(12(13,14)15)4-2-6-16-10/h2,4,6,9H,3,5,7H2,1H3,(H,16,17)(H,18,19). The highest BCUT2D eigenvalue weighted by Gasteiger charge is 2.35. The molecule has 0 amide bonds. The van der Waals surface area contributed by atoms with E-state index in [0.29, 0.717) is 13.0 Å². The molecular weight excluding hydrogens is 277 g/mol. The summed E-state index contributed by atoms with van der Waals surface area (Å²) < 4.78 is 43.1. The number of methoxy groups -OCH3 is 1. The Balaban J connectivity index is 2.86. The third-order valence-electron chi connectivity index (χ3n) is 2.56. The number of hydrogen-bond donors (Lipinski definition) is 2. The van der Waals surface area contributed by atoms with Crippen molar-refractivity contribution in [3.63, 3.8) is 0 Å². The molecule has 0 aliphatic heterocycles. The number of pyridine rings is 1. The molecule has 8 heteroatoms. The monoisotopic (exact) mass is 292 g/mol. The molecule has 0 aliphatic rings. The van der Waals surface area contributed by atoms with E-state index in [2.05, 4.69) is 10.3 Å². The number of ether oxygens (including phenoxy) is 1. The lowest BCUT2D eigenvalue weighted by Crippen LogP contribution is -2.31. The topological polar surface area (TPSA) is 71.5 Å². The van der Waals surface area contributed by atoms with Crippen molar-refractivity contribution in [1.29, 1.82) is 0 Å². The van der Waals surface area contributed by atoms with E-state index < -0.39 is 29.6 Å². The fourth-order valence-corrected chi connectivity index (χ4v) is 1.60. The molecule has 5 nitrogen and oxygen atoms in total. The van der Waals surface area contributed by atoms with Crippen molar-refractivity contribution in [1.82, 2.24) is 4.98 Å². The zero-order chi connectivity index (χ0) is 15.2. The van der Waals surface area contributed by atoms with Gasteiger partial charge in [-0.3, -0.25) is 0 Å². The number of anilines is 1. The largest absolute Gasteiger partial charge is 0.480 e. The van der Waals surface area contributed by atoms with Gasteiger partial charge in [-0.15, -0.1) is 0 Å².